The van der Waals surface area contributed by atoms with Gasteiger partial charge >= 0.3 is 0 Å². The summed E-state index contributed by atoms with van der Waals surface area (Å²) in [6, 6.07) is 30.1. The third-order valence-electron chi connectivity index (χ3n) is 3.72. The molecule has 106 valence electrons. The van der Waals surface area contributed by atoms with Gasteiger partial charge in [0.15, 0.2) is 0 Å². The number of fused-ring (bicyclic) bond motifs is 2. The van der Waals surface area contributed by atoms with Crippen molar-refractivity contribution in [2.24, 2.45) is 0 Å². The maximum atomic E-state index is 2.22. The summed E-state index contributed by atoms with van der Waals surface area (Å²) >= 11 is 0. The molecule has 2 heteroatoms. The maximum Gasteiger partial charge on any atom is 0.0264 e. The minimum atomic E-state index is 1.30. The molecule has 0 bridgehead atoms. The molecule has 4 aliphatic rings. The molecule has 0 nitrogen and oxygen atoms in total. The lowest BCUT2D eigenvalue weighted by atomic mass is 10.2. The highest BCUT2D eigenvalue weighted by Gasteiger charge is 2.12. The van der Waals surface area contributed by atoms with E-state index in [1.165, 1.54) is 32.0 Å². The van der Waals surface area contributed by atoms with Crippen LogP contribution >= 0.6 is 21.6 Å². The average molecular weight is 318 g/mol. The highest BCUT2D eigenvalue weighted by Crippen LogP contribution is 2.47. The Bertz CT molecular complexity index is 781. The van der Waals surface area contributed by atoms with Crippen molar-refractivity contribution in [3.8, 4) is 22.3 Å². The van der Waals surface area contributed by atoms with Crippen LogP contribution in [0.2, 0.25) is 0 Å². The molecule has 0 aromatic carbocycles. The van der Waals surface area contributed by atoms with Gasteiger partial charge in [-0.1, -0.05) is 94.4 Å². The van der Waals surface area contributed by atoms with Crippen LogP contribution in [0, 0.1) is 0 Å². The quantitative estimate of drug-likeness (QED) is 0.386. The Morgan fingerprint density at radius 1 is 0.409 bits per heavy atom. The van der Waals surface area contributed by atoms with E-state index < -0.39 is 0 Å². The fourth-order valence-corrected chi connectivity index (χ4v) is 5.00. The molecule has 0 atom stereocenters. The molecule has 0 radical (unpaired) electrons. The standard InChI is InChI=1S/C20H14S2/c1-3-7-15-11-13-19(17(15)9-5-1)21-22-20-14-12-16-8-4-2-6-10-18(16)20/h1-14H. The second-order valence-corrected chi connectivity index (χ2v) is 7.33. The molecule has 0 aromatic heterocycles. The average Bonchev–Trinajstić information content (AvgIpc) is 2.90. The van der Waals surface area contributed by atoms with Crippen molar-refractivity contribution in [1.29, 1.82) is 0 Å². The lowest BCUT2D eigenvalue weighted by Crippen LogP contribution is -1.70. The van der Waals surface area contributed by atoms with Gasteiger partial charge in [-0.2, -0.15) is 0 Å². The third kappa shape index (κ3) is 2.60. The van der Waals surface area contributed by atoms with E-state index in [0.717, 1.165) is 0 Å². The van der Waals surface area contributed by atoms with Crippen LogP contribution in [0.5, 0.6) is 0 Å². The van der Waals surface area contributed by atoms with E-state index in [1.54, 1.807) is 0 Å². The Morgan fingerprint density at radius 3 is 1.36 bits per heavy atom. The van der Waals surface area contributed by atoms with Gasteiger partial charge in [-0.25, -0.2) is 0 Å². The van der Waals surface area contributed by atoms with Crippen molar-refractivity contribution >= 4 is 21.6 Å². The Kier molecular flexibility index (Phi) is 3.79. The van der Waals surface area contributed by atoms with Gasteiger partial charge in [-0.05, 0) is 34.4 Å². The molecule has 0 aliphatic heterocycles. The summed E-state index contributed by atoms with van der Waals surface area (Å²) in [5, 5.41) is 0. The van der Waals surface area contributed by atoms with Crippen LogP contribution in [0.3, 0.4) is 0 Å². The predicted molar refractivity (Wildman–Crippen MR) is 97.8 cm³/mol. The van der Waals surface area contributed by atoms with E-state index in [9.17, 15) is 0 Å². The van der Waals surface area contributed by atoms with Crippen molar-refractivity contribution in [3.05, 3.63) is 84.9 Å². The molecule has 0 aromatic rings. The molecule has 22 heavy (non-hydrogen) atoms. The van der Waals surface area contributed by atoms with Crippen LogP contribution in [-0.2, 0) is 0 Å². The highest BCUT2D eigenvalue weighted by atomic mass is 33.1. The lowest BCUT2D eigenvalue weighted by molar-refractivity contribution is 1.57. The van der Waals surface area contributed by atoms with Crippen molar-refractivity contribution in [2.75, 3.05) is 0 Å². The molecule has 0 spiro atoms. The molecule has 4 aliphatic carbocycles. The molecule has 4 rings (SSSR count). The Balaban J connectivity index is 1.60. The fourth-order valence-electron chi connectivity index (χ4n) is 2.61. The molecular formula is C20H14S2. The molecule has 0 N–H and O–H groups in total. The van der Waals surface area contributed by atoms with Crippen molar-refractivity contribution in [2.45, 2.75) is 9.79 Å². The third-order valence-corrected chi connectivity index (χ3v) is 6.21. The van der Waals surface area contributed by atoms with Crippen molar-refractivity contribution in [3.63, 3.8) is 0 Å². The van der Waals surface area contributed by atoms with Crippen LogP contribution in [-0.4, -0.2) is 0 Å². The Labute approximate surface area is 138 Å². The Hall–Kier alpha value is -1.90. The van der Waals surface area contributed by atoms with Gasteiger partial charge in [0.25, 0.3) is 0 Å². The molecule has 0 fully saturated rings. The van der Waals surface area contributed by atoms with E-state index in [2.05, 4.69) is 84.9 Å². The topological polar surface area (TPSA) is 0 Å². The molecule has 0 saturated heterocycles. The first-order valence-corrected chi connectivity index (χ1v) is 9.37. The van der Waals surface area contributed by atoms with Crippen LogP contribution in [0.4, 0.5) is 0 Å². The van der Waals surface area contributed by atoms with E-state index >= 15 is 0 Å². The lowest BCUT2D eigenvalue weighted by Gasteiger charge is -2.02. The minimum Gasteiger partial charge on any atom is -0.0622 e. The van der Waals surface area contributed by atoms with Crippen LogP contribution in [0.1, 0.15) is 0 Å². The highest BCUT2D eigenvalue weighted by molar-refractivity contribution is 8.76. The van der Waals surface area contributed by atoms with E-state index in [0.29, 0.717) is 0 Å². The second-order valence-electron chi connectivity index (χ2n) is 5.12. The summed E-state index contributed by atoms with van der Waals surface area (Å²) in [6.45, 7) is 0. The van der Waals surface area contributed by atoms with Crippen molar-refractivity contribution in [1.82, 2.24) is 0 Å². The molecule has 0 amide bonds. The van der Waals surface area contributed by atoms with E-state index in [-0.39, 0.29) is 0 Å². The first kappa shape index (κ1) is 13.7. The number of hydrogen-bond donors (Lipinski definition) is 0. The largest absolute Gasteiger partial charge is 0.0622 e. The van der Waals surface area contributed by atoms with Gasteiger partial charge in [-0.15, -0.1) is 0 Å². The zero-order valence-corrected chi connectivity index (χ0v) is 13.5. The van der Waals surface area contributed by atoms with Crippen LogP contribution < -0.4 is 0 Å². The molecular weight excluding hydrogens is 304 g/mol. The predicted octanol–water partition coefficient (Wildman–Crippen LogP) is 6.70. The number of rotatable bonds is 3. The molecule has 0 unspecified atom stereocenters. The van der Waals surface area contributed by atoms with Gasteiger partial charge in [0.2, 0.25) is 0 Å². The van der Waals surface area contributed by atoms with E-state index in [4.69, 9.17) is 0 Å². The first-order chi connectivity index (χ1) is 10.9. The SMILES string of the molecule is c1ccc2ccc(SSc3ccc4cccccc3-4)c-2cc1. The van der Waals surface area contributed by atoms with Gasteiger partial charge in [0.1, 0.15) is 0 Å². The van der Waals surface area contributed by atoms with Gasteiger partial charge in [-0.3, -0.25) is 0 Å². The summed E-state index contributed by atoms with van der Waals surface area (Å²) in [5.41, 5.74) is 5.24. The summed E-state index contributed by atoms with van der Waals surface area (Å²) in [7, 11) is 3.68. The smallest absolute Gasteiger partial charge is 0.0264 e. The summed E-state index contributed by atoms with van der Waals surface area (Å²) < 4.78 is 0. The summed E-state index contributed by atoms with van der Waals surface area (Å²) in [4.78, 5) is 2.65. The van der Waals surface area contributed by atoms with Crippen molar-refractivity contribution < 1.29 is 0 Å². The normalized spacial score (nSPS) is 11.1. The monoisotopic (exact) mass is 318 g/mol. The van der Waals surface area contributed by atoms with Gasteiger partial charge in [0, 0.05) is 9.79 Å². The second kappa shape index (κ2) is 6.07. The summed E-state index contributed by atoms with van der Waals surface area (Å²) in [5.74, 6) is 0. The Morgan fingerprint density at radius 2 is 0.864 bits per heavy atom. The molecule has 0 saturated carbocycles. The van der Waals surface area contributed by atoms with Gasteiger partial charge < -0.3 is 0 Å². The van der Waals surface area contributed by atoms with E-state index in [1.807, 2.05) is 21.6 Å². The van der Waals surface area contributed by atoms with Crippen LogP contribution in [0.25, 0.3) is 22.3 Å². The van der Waals surface area contributed by atoms with Gasteiger partial charge in [0.05, 0.1) is 0 Å². The fraction of sp³-hybridized carbons (Fsp3) is 0. The minimum absolute atomic E-state index is 1.30. The summed E-state index contributed by atoms with van der Waals surface area (Å²) in [6.07, 6.45) is 0. The zero-order valence-electron chi connectivity index (χ0n) is 11.9. The van der Waals surface area contributed by atoms with Crippen LogP contribution in [0.15, 0.2) is 94.7 Å². The number of hydrogen-bond acceptors (Lipinski definition) is 2. The zero-order chi connectivity index (χ0) is 14.8. The first-order valence-electron chi connectivity index (χ1n) is 7.22. The maximum absolute atomic E-state index is 2.22. The molecule has 0 heterocycles.